The number of phenolic OH excluding ortho intramolecular Hbond substituents is 1. The molecule has 25 heavy (non-hydrogen) atoms. The minimum absolute atomic E-state index is 0.0807. The van der Waals surface area contributed by atoms with E-state index in [-0.39, 0.29) is 11.5 Å². The van der Waals surface area contributed by atoms with Crippen molar-refractivity contribution in [2.45, 2.75) is 47.5 Å². The summed E-state index contributed by atoms with van der Waals surface area (Å²) in [6.45, 7) is 9.29. The fourth-order valence-electron chi connectivity index (χ4n) is 5.66. The highest BCUT2D eigenvalue weighted by atomic mass is 16.5. The molecule has 0 radical (unpaired) electrons. The Morgan fingerprint density at radius 1 is 1.00 bits per heavy atom. The molecule has 3 saturated carbocycles. The van der Waals surface area contributed by atoms with Crippen LogP contribution < -0.4 is 4.74 Å². The Bertz CT molecular complexity index is 782. The highest BCUT2D eigenvalue weighted by Crippen LogP contribution is 2.94. The molecule has 0 saturated heterocycles. The second-order valence-corrected chi connectivity index (χ2v) is 7.53. The number of phenols is 1. The first-order valence-corrected chi connectivity index (χ1v) is 8.77. The van der Waals surface area contributed by atoms with E-state index >= 15 is 0 Å². The Hall–Kier alpha value is -2.17. The van der Waals surface area contributed by atoms with Crippen molar-refractivity contribution in [2.24, 2.45) is 21.7 Å². The fourth-order valence-corrected chi connectivity index (χ4v) is 5.66. The smallest absolute Gasteiger partial charge is 0.318 e. The van der Waals surface area contributed by atoms with Gasteiger partial charge in [0.05, 0.1) is 10.8 Å². The first kappa shape index (κ1) is 17.6. The van der Waals surface area contributed by atoms with E-state index in [1.807, 2.05) is 13.8 Å². The molecule has 3 aliphatic carbocycles. The van der Waals surface area contributed by atoms with Gasteiger partial charge in [-0.2, -0.15) is 0 Å². The second-order valence-electron chi connectivity index (χ2n) is 7.53. The molecule has 134 valence electrons. The number of ether oxygens (including phenoxy) is 1. The Labute approximate surface area is 147 Å². The number of hydrogen-bond donors (Lipinski definition) is 1. The molecule has 0 bridgehead atoms. The number of rotatable bonds is 2. The molecule has 5 nitrogen and oxygen atoms in total. The summed E-state index contributed by atoms with van der Waals surface area (Å²) in [6.07, 6.45) is 1.34. The molecule has 3 fully saturated rings. The minimum Gasteiger partial charge on any atom is -0.508 e. The van der Waals surface area contributed by atoms with Crippen LogP contribution in [0.4, 0.5) is 0 Å². The maximum Gasteiger partial charge on any atom is 0.318 e. The summed E-state index contributed by atoms with van der Waals surface area (Å²) in [5.41, 5.74) is -3.27. The van der Waals surface area contributed by atoms with Crippen LogP contribution in [0.25, 0.3) is 0 Å². The van der Waals surface area contributed by atoms with Gasteiger partial charge in [-0.25, -0.2) is 0 Å². The van der Waals surface area contributed by atoms with Gasteiger partial charge in [0.1, 0.15) is 11.5 Å². The molecule has 1 N–H and O–H groups in total. The molecule has 1 spiro atoms. The Kier molecular flexibility index (Phi) is 3.48. The van der Waals surface area contributed by atoms with Crippen molar-refractivity contribution in [2.75, 3.05) is 0 Å². The third-order valence-electron chi connectivity index (χ3n) is 7.20. The van der Waals surface area contributed by atoms with Crippen molar-refractivity contribution in [3.63, 3.8) is 0 Å². The largest absolute Gasteiger partial charge is 0.508 e. The summed E-state index contributed by atoms with van der Waals surface area (Å²) in [4.78, 5) is 37.7. The molecule has 3 aliphatic rings. The molecule has 1 aromatic carbocycles. The molecule has 4 atom stereocenters. The maximum absolute atomic E-state index is 12.8. The number of benzene rings is 1. The Morgan fingerprint density at radius 3 is 2.00 bits per heavy atom. The van der Waals surface area contributed by atoms with Gasteiger partial charge in [0.2, 0.25) is 11.6 Å². The van der Waals surface area contributed by atoms with E-state index in [9.17, 15) is 19.5 Å². The van der Waals surface area contributed by atoms with Crippen LogP contribution in [0.5, 0.6) is 11.5 Å². The third-order valence-corrected chi connectivity index (χ3v) is 7.20. The van der Waals surface area contributed by atoms with E-state index in [0.717, 1.165) is 0 Å². The first-order chi connectivity index (χ1) is 11.7. The molecule has 5 heteroatoms. The summed E-state index contributed by atoms with van der Waals surface area (Å²) < 4.78 is 5.46. The lowest BCUT2D eigenvalue weighted by molar-refractivity contribution is -0.155. The monoisotopic (exact) mass is 344 g/mol. The van der Waals surface area contributed by atoms with Crippen LogP contribution in [0.2, 0.25) is 0 Å². The number of esters is 1. The lowest BCUT2D eigenvalue weighted by Gasteiger charge is -2.46. The van der Waals surface area contributed by atoms with Gasteiger partial charge in [-0.15, -0.1) is 0 Å². The fraction of sp³-hybridized carbons (Fsp3) is 0.550. The van der Waals surface area contributed by atoms with Crippen LogP contribution in [0.1, 0.15) is 47.5 Å². The van der Waals surface area contributed by atoms with Crippen molar-refractivity contribution in [3.05, 3.63) is 24.3 Å². The molecule has 0 heterocycles. The van der Waals surface area contributed by atoms with Crippen LogP contribution in [-0.2, 0) is 14.4 Å². The van der Waals surface area contributed by atoms with Crippen molar-refractivity contribution >= 4 is 17.5 Å². The standard InChI is InChI=1S/C18H18O5.C2H6/c1-15-8-9-18(15)16(2,13(21)12(15)20)17(18,3)14(22)23-11-6-4-10(19)5-7-11;1-2/h4-7,19H,8-9H2,1-3H3;1-2H3. The first-order valence-electron chi connectivity index (χ1n) is 8.77. The third kappa shape index (κ3) is 1.53. The highest BCUT2D eigenvalue weighted by molar-refractivity contribution is 6.47. The minimum atomic E-state index is -0.976. The number of hydrogen-bond acceptors (Lipinski definition) is 5. The SMILES string of the molecule is CC.CC12CCC13C(C)(C(=O)Oc1ccc(O)cc1)C3(C)C(=O)C2=O. The normalized spacial score (nSPS) is 40.2. The van der Waals surface area contributed by atoms with Gasteiger partial charge in [0.25, 0.3) is 0 Å². The van der Waals surface area contributed by atoms with Gasteiger partial charge < -0.3 is 9.84 Å². The molecule has 0 amide bonds. The van der Waals surface area contributed by atoms with E-state index < -0.39 is 33.4 Å². The molecular weight excluding hydrogens is 320 g/mol. The average Bonchev–Trinajstić information content (AvgIpc) is 3.08. The zero-order valence-electron chi connectivity index (χ0n) is 15.3. The van der Waals surface area contributed by atoms with Gasteiger partial charge >= 0.3 is 5.97 Å². The van der Waals surface area contributed by atoms with E-state index in [1.165, 1.54) is 24.3 Å². The van der Waals surface area contributed by atoms with Crippen molar-refractivity contribution in [1.82, 2.24) is 0 Å². The maximum atomic E-state index is 12.8. The highest BCUT2D eigenvalue weighted by Gasteiger charge is 3.01. The molecule has 0 aliphatic heterocycles. The molecule has 1 aromatic rings. The molecular formula is C20H24O5. The van der Waals surface area contributed by atoms with Gasteiger partial charge in [-0.1, -0.05) is 27.7 Å². The van der Waals surface area contributed by atoms with Crippen molar-refractivity contribution in [1.29, 1.82) is 0 Å². The molecule has 4 rings (SSSR count). The van der Waals surface area contributed by atoms with Gasteiger partial charge in [0, 0.05) is 10.8 Å². The predicted octanol–water partition coefficient (Wildman–Crippen LogP) is 3.29. The predicted molar refractivity (Wildman–Crippen MR) is 91.1 cm³/mol. The number of carbonyl (C=O) groups is 3. The molecule has 0 aromatic heterocycles. The zero-order chi connectivity index (χ0) is 18.8. The number of ketones is 2. The average molecular weight is 344 g/mol. The van der Waals surface area contributed by atoms with Crippen LogP contribution in [-0.4, -0.2) is 22.6 Å². The quantitative estimate of drug-likeness (QED) is 0.506. The number of Topliss-reactive ketones (excluding diaryl/α,β-unsaturated/α-hetero) is 2. The van der Waals surface area contributed by atoms with Gasteiger partial charge in [-0.05, 0) is 44.0 Å². The molecule has 4 unspecified atom stereocenters. The lowest BCUT2D eigenvalue weighted by atomic mass is 9.55. The van der Waals surface area contributed by atoms with Crippen LogP contribution >= 0.6 is 0 Å². The second kappa shape index (κ2) is 4.93. The van der Waals surface area contributed by atoms with Gasteiger partial charge in [0.15, 0.2) is 0 Å². The van der Waals surface area contributed by atoms with E-state index in [0.29, 0.717) is 18.6 Å². The topological polar surface area (TPSA) is 80.7 Å². The lowest BCUT2D eigenvalue weighted by Crippen LogP contribution is -2.50. The summed E-state index contributed by atoms with van der Waals surface area (Å²) in [6, 6.07) is 5.87. The summed E-state index contributed by atoms with van der Waals surface area (Å²) in [7, 11) is 0. The summed E-state index contributed by atoms with van der Waals surface area (Å²) in [5.74, 6) is -0.836. The van der Waals surface area contributed by atoms with Crippen molar-refractivity contribution in [3.8, 4) is 11.5 Å². The zero-order valence-corrected chi connectivity index (χ0v) is 15.3. The van der Waals surface area contributed by atoms with Crippen LogP contribution in [0, 0.1) is 21.7 Å². The van der Waals surface area contributed by atoms with E-state index in [4.69, 9.17) is 4.74 Å². The van der Waals surface area contributed by atoms with Crippen LogP contribution in [0.15, 0.2) is 24.3 Å². The summed E-state index contributed by atoms with van der Waals surface area (Å²) >= 11 is 0. The number of carbonyl (C=O) groups excluding carboxylic acids is 3. The Balaban J connectivity index is 0.000000880. The number of aromatic hydroxyl groups is 1. The van der Waals surface area contributed by atoms with Crippen LogP contribution in [0.3, 0.4) is 0 Å². The van der Waals surface area contributed by atoms with E-state index in [2.05, 4.69) is 0 Å². The van der Waals surface area contributed by atoms with Gasteiger partial charge in [-0.3, -0.25) is 14.4 Å². The Morgan fingerprint density at radius 2 is 1.56 bits per heavy atom. The summed E-state index contributed by atoms with van der Waals surface area (Å²) in [5, 5.41) is 9.30. The van der Waals surface area contributed by atoms with Crippen molar-refractivity contribution < 1.29 is 24.2 Å². The van der Waals surface area contributed by atoms with E-state index in [1.54, 1.807) is 20.8 Å².